The first-order valence-corrected chi connectivity index (χ1v) is 9.33. The number of rotatable bonds is 7. The van der Waals surface area contributed by atoms with Gasteiger partial charge in [0.1, 0.15) is 5.75 Å². The normalized spacial score (nSPS) is 19.5. The van der Waals surface area contributed by atoms with E-state index in [1.165, 1.54) is 0 Å². The topological polar surface area (TPSA) is 91.0 Å². The standard InChI is InChI=1S/C19H26N4O4/c1-27-16-7-5-15(6-8-16)23-13-14(12-18(23)25)21-19(26)20-9-3-11-22-10-2-4-17(22)24/h5-8,14H,2-4,9-13H2,1H3,(H2,20,21,26). The number of amides is 4. The fourth-order valence-corrected chi connectivity index (χ4v) is 3.46. The minimum Gasteiger partial charge on any atom is -0.497 e. The van der Waals surface area contributed by atoms with Crippen molar-refractivity contribution in [3.63, 3.8) is 0 Å². The van der Waals surface area contributed by atoms with Crippen LogP contribution in [0, 0.1) is 0 Å². The van der Waals surface area contributed by atoms with Crippen LogP contribution in [0.15, 0.2) is 24.3 Å². The van der Waals surface area contributed by atoms with Crippen molar-refractivity contribution in [2.24, 2.45) is 0 Å². The van der Waals surface area contributed by atoms with Gasteiger partial charge in [-0.25, -0.2) is 4.79 Å². The van der Waals surface area contributed by atoms with Crippen molar-refractivity contribution in [2.75, 3.05) is 38.2 Å². The molecule has 1 atom stereocenters. The second kappa shape index (κ2) is 8.75. The van der Waals surface area contributed by atoms with Gasteiger partial charge in [-0.15, -0.1) is 0 Å². The number of nitrogens with zero attached hydrogens (tertiary/aromatic N) is 2. The minimum atomic E-state index is -0.280. The predicted octanol–water partition coefficient (Wildman–Crippen LogP) is 1.11. The summed E-state index contributed by atoms with van der Waals surface area (Å²) in [4.78, 5) is 39.3. The molecule has 2 aliphatic rings. The summed E-state index contributed by atoms with van der Waals surface area (Å²) in [6.07, 6.45) is 2.56. The van der Waals surface area contributed by atoms with E-state index in [-0.39, 0.29) is 30.3 Å². The molecule has 0 aromatic heterocycles. The maximum Gasteiger partial charge on any atom is 0.315 e. The van der Waals surface area contributed by atoms with E-state index in [4.69, 9.17) is 4.74 Å². The number of nitrogens with one attached hydrogen (secondary N) is 2. The number of urea groups is 1. The summed E-state index contributed by atoms with van der Waals surface area (Å²) < 4.78 is 5.13. The van der Waals surface area contributed by atoms with E-state index in [1.807, 2.05) is 17.0 Å². The third-order valence-electron chi connectivity index (χ3n) is 4.91. The van der Waals surface area contributed by atoms with E-state index in [2.05, 4.69) is 10.6 Å². The van der Waals surface area contributed by atoms with Crippen molar-refractivity contribution < 1.29 is 19.1 Å². The van der Waals surface area contributed by atoms with Crippen molar-refractivity contribution in [1.29, 1.82) is 0 Å². The number of carbonyl (C=O) groups excluding carboxylic acids is 3. The van der Waals surface area contributed by atoms with Crippen molar-refractivity contribution >= 4 is 23.5 Å². The lowest BCUT2D eigenvalue weighted by Crippen LogP contribution is -2.44. The highest BCUT2D eigenvalue weighted by Gasteiger charge is 2.31. The SMILES string of the molecule is COc1ccc(N2CC(NC(=O)NCCCN3CCCC3=O)CC2=O)cc1. The van der Waals surface area contributed by atoms with Gasteiger partial charge in [-0.1, -0.05) is 0 Å². The molecule has 0 spiro atoms. The van der Waals surface area contributed by atoms with E-state index in [1.54, 1.807) is 24.1 Å². The Hall–Kier alpha value is -2.77. The molecular formula is C19H26N4O4. The minimum absolute atomic E-state index is 0.0157. The molecule has 2 N–H and O–H groups in total. The zero-order valence-corrected chi connectivity index (χ0v) is 15.6. The predicted molar refractivity (Wildman–Crippen MR) is 101 cm³/mol. The molecule has 2 aliphatic heterocycles. The molecule has 4 amide bonds. The number of methoxy groups -OCH3 is 1. The molecule has 2 fully saturated rings. The average Bonchev–Trinajstić information content (AvgIpc) is 3.24. The molecule has 1 aromatic rings. The Kier molecular flexibility index (Phi) is 6.16. The molecule has 2 saturated heterocycles. The van der Waals surface area contributed by atoms with Crippen molar-refractivity contribution in [1.82, 2.24) is 15.5 Å². The first kappa shape index (κ1) is 19.0. The average molecular weight is 374 g/mol. The third-order valence-corrected chi connectivity index (χ3v) is 4.91. The number of likely N-dealkylation sites (tertiary alicyclic amines) is 1. The fourth-order valence-electron chi connectivity index (χ4n) is 3.46. The summed E-state index contributed by atoms with van der Waals surface area (Å²) >= 11 is 0. The van der Waals surface area contributed by atoms with Crippen LogP contribution >= 0.6 is 0 Å². The van der Waals surface area contributed by atoms with Crippen LogP contribution in [0.1, 0.15) is 25.7 Å². The summed E-state index contributed by atoms with van der Waals surface area (Å²) in [5, 5.41) is 5.65. The zero-order chi connectivity index (χ0) is 19.2. The molecule has 27 heavy (non-hydrogen) atoms. The molecule has 3 rings (SSSR count). The molecule has 146 valence electrons. The monoisotopic (exact) mass is 374 g/mol. The molecule has 1 aromatic carbocycles. The van der Waals surface area contributed by atoms with Gasteiger partial charge in [0.05, 0.1) is 13.2 Å². The van der Waals surface area contributed by atoms with E-state index in [0.29, 0.717) is 26.1 Å². The summed E-state index contributed by atoms with van der Waals surface area (Å²) in [5.74, 6) is 0.913. The third kappa shape index (κ3) is 4.90. The zero-order valence-electron chi connectivity index (χ0n) is 15.6. The summed E-state index contributed by atoms with van der Waals surface area (Å²) in [7, 11) is 1.59. The van der Waals surface area contributed by atoms with Crippen molar-refractivity contribution in [3.05, 3.63) is 24.3 Å². The number of hydrogen-bond donors (Lipinski definition) is 2. The quantitative estimate of drug-likeness (QED) is 0.700. The van der Waals surface area contributed by atoms with Gasteiger partial charge >= 0.3 is 6.03 Å². The van der Waals surface area contributed by atoms with Gasteiger partial charge in [0.2, 0.25) is 11.8 Å². The number of benzene rings is 1. The molecule has 2 heterocycles. The lowest BCUT2D eigenvalue weighted by Gasteiger charge is -2.18. The van der Waals surface area contributed by atoms with Gasteiger partial charge in [0.15, 0.2) is 0 Å². The lowest BCUT2D eigenvalue weighted by atomic mass is 10.2. The highest BCUT2D eigenvalue weighted by atomic mass is 16.5. The van der Waals surface area contributed by atoms with E-state index in [0.717, 1.165) is 30.8 Å². The van der Waals surface area contributed by atoms with Crippen molar-refractivity contribution in [2.45, 2.75) is 31.7 Å². The molecule has 1 unspecified atom stereocenters. The first-order valence-electron chi connectivity index (χ1n) is 9.33. The van der Waals surface area contributed by atoms with Gasteiger partial charge in [-0.05, 0) is 37.1 Å². The molecule has 8 heteroatoms. The summed E-state index contributed by atoms with van der Waals surface area (Å²) in [6.45, 7) is 2.43. The Morgan fingerprint density at radius 1 is 1.22 bits per heavy atom. The molecule has 0 saturated carbocycles. The smallest absolute Gasteiger partial charge is 0.315 e. The van der Waals surface area contributed by atoms with Gasteiger partial charge in [-0.2, -0.15) is 0 Å². The van der Waals surface area contributed by atoms with E-state index >= 15 is 0 Å². The number of hydrogen-bond acceptors (Lipinski definition) is 4. The second-order valence-electron chi connectivity index (χ2n) is 6.84. The largest absolute Gasteiger partial charge is 0.497 e. The van der Waals surface area contributed by atoms with E-state index < -0.39 is 0 Å². The lowest BCUT2D eigenvalue weighted by molar-refractivity contribution is -0.127. The number of anilines is 1. The summed E-state index contributed by atoms with van der Waals surface area (Å²) in [5.41, 5.74) is 0.792. The fraction of sp³-hybridized carbons (Fsp3) is 0.526. The van der Waals surface area contributed by atoms with Gasteiger partial charge in [-0.3, -0.25) is 9.59 Å². The van der Waals surface area contributed by atoms with Crippen LogP contribution in [-0.4, -0.2) is 62.1 Å². The number of ether oxygens (including phenoxy) is 1. The second-order valence-corrected chi connectivity index (χ2v) is 6.84. The van der Waals surface area contributed by atoms with Crippen LogP contribution in [0.4, 0.5) is 10.5 Å². The first-order chi connectivity index (χ1) is 13.1. The Morgan fingerprint density at radius 3 is 2.67 bits per heavy atom. The van der Waals surface area contributed by atoms with Crippen LogP contribution in [0.3, 0.4) is 0 Å². The van der Waals surface area contributed by atoms with Crippen LogP contribution < -0.4 is 20.3 Å². The van der Waals surface area contributed by atoms with Crippen LogP contribution in [0.5, 0.6) is 5.75 Å². The molecular weight excluding hydrogens is 348 g/mol. The van der Waals surface area contributed by atoms with Crippen LogP contribution in [0.2, 0.25) is 0 Å². The molecule has 0 bridgehead atoms. The van der Waals surface area contributed by atoms with Gasteiger partial charge in [0.25, 0.3) is 0 Å². The maximum atomic E-state index is 12.2. The Balaban J connectivity index is 1.39. The van der Waals surface area contributed by atoms with E-state index in [9.17, 15) is 14.4 Å². The van der Waals surface area contributed by atoms with Crippen LogP contribution in [-0.2, 0) is 9.59 Å². The Morgan fingerprint density at radius 2 is 2.00 bits per heavy atom. The van der Waals surface area contributed by atoms with Crippen LogP contribution in [0.25, 0.3) is 0 Å². The molecule has 0 aliphatic carbocycles. The molecule has 8 nitrogen and oxygen atoms in total. The van der Waals surface area contributed by atoms with Gasteiger partial charge in [0, 0.05) is 44.7 Å². The highest BCUT2D eigenvalue weighted by Crippen LogP contribution is 2.24. The summed E-state index contributed by atoms with van der Waals surface area (Å²) in [6, 6.07) is 6.77. The molecule has 0 radical (unpaired) electrons. The van der Waals surface area contributed by atoms with Crippen molar-refractivity contribution in [3.8, 4) is 5.75 Å². The Bertz CT molecular complexity index is 691. The van der Waals surface area contributed by atoms with Gasteiger partial charge < -0.3 is 25.2 Å². The number of carbonyl (C=O) groups is 3. The maximum absolute atomic E-state index is 12.2. The Labute approximate surface area is 158 Å². The highest BCUT2D eigenvalue weighted by molar-refractivity contribution is 5.96.